The Labute approximate surface area is 270 Å². The lowest BCUT2D eigenvalue weighted by atomic mass is 9.47. The Hall–Kier alpha value is -1.57. The largest absolute Gasteiger partial charge is 0.397 e. The zero-order valence-electron chi connectivity index (χ0n) is 27.9. The van der Waals surface area contributed by atoms with Crippen LogP contribution in [0.5, 0.6) is 0 Å². The Morgan fingerprint density at radius 3 is 2.20 bits per heavy atom. The van der Waals surface area contributed by atoms with Crippen LogP contribution in [0, 0.1) is 57.2 Å². The van der Waals surface area contributed by atoms with E-state index >= 15 is 0 Å². The van der Waals surface area contributed by atoms with Gasteiger partial charge >= 0.3 is 10.4 Å². The second-order valence-electron chi connectivity index (χ2n) is 17.2. The molecule has 0 bridgehead atoms. The third-order valence-corrected chi connectivity index (χ3v) is 15.8. The van der Waals surface area contributed by atoms with Gasteiger partial charge in [0.05, 0.1) is 6.10 Å². The lowest BCUT2D eigenvalue weighted by Crippen LogP contribution is -2.50. The third kappa shape index (κ3) is 5.21. The van der Waals surface area contributed by atoms with Gasteiger partial charge in [-0.1, -0.05) is 57.1 Å². The quantitative estimate of drug-likeness (QED) is 0.241. The molecule has 0 amide bonds. The van der Waals surface area contributed by atoms with Crippen LogP contribution in [0.15, 0.2) is 35.5 Å². The average Bonchev–Trinajstić information content (AvgIpc) is 3.52. The van der Waals surface area contributed by atoms with E-state index in [1.807, 2.05) is 6.08 Å². The number of fused-ring (bicyclic) bond motifs is 10. The van der Waals surface area contributed by atoms with E-state index in [0.29, 0.717) is 53.0 Å². The van der Waals surface area contributed by atoms with Crippen molar-refractivity contribution in [3.05, 3.63) is 35.5 Å². The van der Waals surface area contributed by atoms with E-state index in [2.05, 4.69) is 45.9 Å². The summed E-state index contributed by atoms with van der Waals surface area (Å²) in [5.41, 5.74) is 3.55. The van der Waals surface area contributed by atoms with Gasteiger partial charge in [0.2, 0.25) is 0 Å². The van der Waals surface area contributed by atoms with Gasteiger partial charge in [-0.25, -0.2) is 4.18 Å². The van der Waals surface area contributed by atoms with Gasteiger partial charge in [0.25, 0.3) is 0 Å². The Balaban J connectivity index is 0.000000148. The maximum Gasteiger partial charge on any atom is 0.397 e. The molecule has 7 heteroatoms. The Morgan fingerprint density at radius 1 is 0.733 bits per heavy atom. The topological polar surface area (TPSA) is 97.7 Å². The number of hydrogen-bond donors (Lipinski definition) is 1. The molecule has 0 unspecified atom stereocenters. The van der Waals surface area contributed by atoms with E-state index in [9.17, 15) is 18.0 Å². The molecule has 0 aromatic rings. The summed E-state index contributed by atoms with van der Waals surface area (Å²) in [6.07, 6.45) is 24.1. The first-order valence-electron chi connectivity index (χ1n) is 18.0. The van der Waals surface area contributed by atoms with Crippen LogP contribution in [0.1, 0.15) is 124 Å². The Bertz CT molecular complexity index is 1460. The summed E-state index contributed by atoms with van der Waals surface area (Å²) in [4.78, 5) is 24.2. The number of carbonyl (C=O) groups is 2. The van der Waals surface area contributed by atoms with Crippen LogP contribution >= 0.6 is 0 Å². The first-order chi connectivity index (χ1) is 21.2. The first-order valence-corrected chi connectivity index (χ1v) is 19.3. The summed E-state index contributed by atoms with van der Waals surface area (Å²) in [5, 5.41) is 0. The molecular weight excluding hydrogens is 584 g/mol. The van der Waals surface area contributed by atoms with Crippen LogP contribution in [0.25, 0.3) is 0 Å². The molecule has 0 aromatic heterocycles. The maximum absolute atomic E-state index is 12.4. The van der Waals surface area contributed by atoms with Gasteiger partial charge in [0, 0.05) is 18.3 Å². The highest BCUT2D eigenvalue weighted by molar-refractivity contribution is 7.80. The minimum atomic E-state index is -4.40. The molecule has 0 spiro atoms. The van der Waals surface area contributed by atoms with Crippen molar-refractivity contribution in [2.75, 3.05) is 0 Å². The van der Waals surface area contributed by atoms with Crippen molar-refractivity contribution in [1.29, 1.82) is 0 Å². The normalized spacial score (nSPS) is 48.3. The highest BCUT2D eigenvalue weighted by atomic mass is 32.3. The van der Waals surface area contributed by atoms with Crippen LogP contribution in [-0.2, 0) is 24.2 Å². The van der Waals surface area contributed by atoms with Crippen molar-refractivity contribution < 1.29 is 26.7 Å². The molecule has 45 heavy (non-hydrogen) atoms. The van der Waals surface area contributed by atoms with E-state index in [4.69, 9.17) is 8.74 Å². The van der Waals surface area contributed by atoms with Gasteiger partial charge in [0.15, 0.2) is 5.78 Å². The summed E-state index contributed by atoms with van der Waals surface area (Å²) >= 11 is 0. The molecule has 0 heterocycles. The van der Waals surface area contributed by atoms with Gasteiger partial charge in [-0.3, -0.25) is 14.1 Å². The number of allylic oxidation sites excluding steroid dienone is 5. The summed E-state index contributed by atoms with van der Waals surface area (Å²) in [5.74, 6) is 5.06. The molecule has 0 aromatic carbocycles. The molecule has 11 atom stereocenters. The SMILES string of the molecule is C[C@@]12C=CC[C@H]1[C@@H]1CCC3=CC(=O)CC[C@]3(C)[C@H]1CC2.C[C@]12CC[C@H](OS(=O)(=O)O)CC1=CC[C@@H]1[C@@H]2CC[C@]2(C)C(=O)CC[C@@H]12. The molecule has 8 aliphatic rings. The lowest BCUT2D eigenvalue weighted by Gasteiger charge is -2.57. The van der Waals surface area contributed by atoms with Crippen LogP contribution < -0.4 is 0 Å². The Morgan fingerprint density at radius 2 is 1.42 bits per heavy atom. The van der Waals surface area contributed by atoms with Crippen LogP contribution in [0.2, 0.25) is 0 Å². The van der Waals surface area contributed by atoms with E-state index in [1.165, 1.54) is 43.3 Å². The second kappa shape index (κ2) is 11.0. The highest BCUT2D eigenvalue weighted by Crippen LogP contribution is 2.65. The average molecular weight is 639 g/mol. The van der Waals surface area contributed by atoms with Crippen molar-refractivity contribution >= 4 is 22.0 Å². The fourth-order valence-electron chi connectivity index (χ4n) is 12.7. The zero-order chi connectivity index (χ0) is 32.0. The summed E-state index contributed by atoms with van der Waals surface area (Å²) < 4.78 is 35.9. The third-order valence-electron chi connectivity index (χ3n) is 15.3. The molecule has 8 aliphatic carbocycles. The monoisotopic (exact) mass is 638 g/mol. The first kappa shape index (κ1) is 32.0. The van der Waals surface area contributed by atoms with Crippen molar-refractivity contribution in [2.24, 2.45) is 57.2 Å². The fraction of sp³-hybridized carbons (Fsp3) is 0.789. The van der Waals surface area contributed by atoms with Gasteiger partial charge in [-0.2, -0.15) is 8.42 Å². The van der Waals surface area contributed by atoms with E-state index in [0.717, 1.165) is 69.1 Å². The van der Waals surface area contributed by atoms with Crippen molar-refractivity contribution in [3.8, 4) is 0 Å². The smallest absolute Gasteiger partial charge is 0.299 e. The fourth-order valence-corrected chi connectivity index (χ4v) is 13.2. The van der Waals surface area contributed by atoms with E-state index < -0.39 is 16.5 Å². The minimum Gasteiger partial charge on any atom is -0.299 e. The Kier molecular flexibility index (Phi) is 7.81. The summed E-state index contributed by atoms with van der Waals surface area (Å²) in [6.45, 7) is 9.45. The molecule has 0 aliphatic heterocycles. The zero-order valence-corrected chi connectivity index (χ0v) is 28.7. The molecule has 6 nitrogen and oxygen atoms in total. The van der Waals surface area contributed by atoms with Crippen LogP contribution in [0.3, 0.4) is 0 Å². The number of rotatable bonds is 2. The molecule has 5 fully saturated rings. The van der Waals surface area contributed by atoms with Crippen LogP contribution in [0.4, 0.5) is 0 Å². The molecule has 248 valence electrons. The van der Waals surface area contributed by atoms with Gasteiger partial charge < -0.3 is 0 Å². The van der Waals surface area contributed by atoms with Crippen molar-refractivity contribution in [3.63, 3.8) is 0 Å². The predicted molar refractivity (Wildman–Crippen MR) is 174 cm³/mol. The molecule has 0 saturated heterocycles. The summed E-state index contributed by atoms with van der Waals surface area (Å²) in [6, 6.07) is 0. The molecular formula is C38H54O6S. The maximum atomic E-state index is 12.4. The lowest BCUT2D eigenvalue weighted by molar-refractivity contribution is -0.132. The number of Topliss-reactive ketones (excluding diaryl/α,β-unsaturated/α-hetero) is 1. The van der Waals surface area contributed by atoms with Gasteiger partial charge in [-0.05, 0) is 141 Å². The molecule has 1 N–H and O–H groups in total. The molecule has 5 saturated carbocycles. The predicted octanol–water partition coefficient (Wildman–Crippen LogP) is 8.39. The summed E-state index contributed by atoms with van der Waals surface area (Å²) in [7, 11) is -4.40. The standard InChI is InChI=1S/C19H28O5S.C19H26O/c1-18-9-7-13(24-25(21,22)23)11-12(18)3-4-14-15-5-6-17(20)19(15,2)10-8-16(14)18;1-18-9-3-4-16(18)15-6-5-13-12-14(20)7-11-19(13,2)17(15)8-10-18/h3,13-16H,4-11H2,1-2H3,(H,21,22,23);3,9,12,15-17H,4-8,10-11H2,1-2H3/t13-,14-,15-,16-,18-,19-;15-,16-,17-,18-,19-/m00/s1. The van der Waals surface area contributed by atoms with Crippen molar-refractivity contribution in [2.45, 2.75) is 130 Å². The highest BCUT2D eigenvalue weighted by Gasteiger charge is 2.59. The van der Waals surface area contributed by atoms with E-state index in [-0.39, 0.29) is 10.8 Å². The minimum absolute atomic E-state index is 0.0783. The number of hydrogen-bond acceptors (Lipinski definition) is 5. The van der Waals surface area contributed by atoms with E-state index in [1.54, 1.807) is 0 Å². The molecule has 0 radical (unpaired) electrons. The van der Waals surface area contributed by atoms with Gasteiger partial charge in [-0.15, -0.1) is 0 Å². The number of ketones is 2. The van der Waals surface area contributed by atoms with Crippen LogP contribution in [-0.4, -0.2) is 30.6 Å². The van der Waals surface area contributed by atoms with Gasteiger partial charge in [0.1, 0.15) is 5.78 Å². The second-order valence-corrected chi connectivity index (χ2v) is 18.3. The molecule has 8 rings (SSSR count). The number of carbonyl (C=O) groups excluding carboxylic acids is 2. The van der Waals surface area contributed by atoms with Crippen molar-refractivity contribution in [1.82, 2.24) is 0 Å².